The Morgan fingerprint density at radius 3 is 2.29 bits per heavy atom. The molecule has 1 heterocycles. The quantitative estimate of drug-likeness (QED) is 0.273. The number of carbonyl (C=O) groups excluding carboxylic acids is 2. The first-order chi connectivity index (χ1) is 16.8. The highest BCUT2D eigenvalue weighted by Crippen LogP contribution is 2.22. The summed E-state index contributed by atoms with van der Waals surface area (Å²) in [6.07, 6.45) is 0.561. The second-order valence-electron chi connectivity index (χ2n) is 8.13. The zero-order valence-electron chi connectivity index (χ0n) is 19.6. The molecule has 0 atom stereocenters. The van der Waals surface area contributed by atoms with Crippen LogP contribution in [0, 0.1) is 12.7 Å². The van der Waals surface area contributed by atoms with Crippen molar-refractivity contribution in [2.24, 2.45) is 0 Å². The van der Waals surface area contributed by atoms with Gasteiger partial charge >= 0.3 is 0 Å². The lowest BCUT2D eigenvalue weighted by atomic mass is 10.1. The fourth-order valence-electron chi connectivity index (χ4n) is 3.56. The van der Waals surface area contributed by atoms with Crippen LogP contribution in [-0.2, 0) is 22.6 Å². The number of nitrogens with zero attached hydrogens (tertiary/aromatic N) is 2. The Hall–Kier alpha value is -2.45. The highest BCUT2D eigenvalue weighted by Gasteiger charge is 2.24. The zero-order valence-corrected chi connectivity index (χ0v) is 21.9. The Kier molecular flexibility index (Phi) is 10.1. The first kappa shape index (κ1) is 27.1. The van der Waals surface area contributed by atoms with Crippen LogP contribution in [0.2, 0.25) is 10.0 Å². The third-order valence-corrected chi connectivity index (χ3v) is 6.89. The molecule has 0 spiro atoms. The molecule has 0 aliphatic rings. The van der Waals surface area contributed by atoms with Crippen LogP contribution in [0.4, 0.5) is 4.39 Å². The first-order valence-corrected chi connectivity index (χ1v) is 12.7. The number of methoxy groups -OCH3 is 1. The number of halogens is 3. The van der Waals surface area contributed by atoms with Gasteiger partial charge in [0.2, 0.25) is 5.91 Å². The van der Waals surface area contributed by atoms with Gasteiger partial charge in [-0.1, -0.05) is 35.3 Å². The van der Waals surface area contributed by atoms with Crippen LogP contribution in [0.15, 0.2) is 53.9 Å². The van der Waals surface area contributed by atoms with Crippen molar-refractivity contribution in [2.75, 3.05) is 26.8 Å². The molecule has 5 nitrogen and oxygen atoms in total. The van der Waals surface area contributed by atoms with Crippen LogP contribution in [0.5, 0.6) is 0 Å². The van der Waals surface area contributed by atoms with E-state index in [1.165, 1.54) is 29.2 Å². The molecule has 1 aromatic heterocycles. The molecule has 0 radical (unpaired) electrons. The molecule has 3 rings (SSSR count). The molecule has 0 saturated carbocycles. The molecule has 0 bridgehead atoms. The Balaban J connectivity index is 1.84. The lowest BCUT2D eigenvalue weighted by molar-refractivity contribution is -0.133. The van der Waals surface area contributed by atoms with Gasteiger partial charge in [-0.05, 0) is 66.2 Å². The molecule has 0 N–H and O–H groups in total. The van der Waals surface area contributed by atoms with Gasteiger partial charge in [0, 0.05) is 47.3 Å². The van der Waals surface area contributed by atoms with Gasteiger partial charge in [0.15, 0.2) is 0 Å². The smallest absolute Gasteiger partial charge is 0.254 e. The van der Waals surface area contributed by atoms with Gasteiger partial charge in [0.05, 0.1) is 6.54 Å². The monoisotopic (exact) mass is 536 g/mol. The van der Waals surface area contributed by atoms with Crippen molar-refractivity contribution in [2.45, 2.75) is 26.4 Å². The maximum absolute atomic E-state index is 13.5. The molecule has 35 heavy (non-hydrogen) atoms. The van der Waals surface area contributed by atoms with E-state index in [-0.39, 0.29) is 24.2 Å². The molecule has 9 heteroatoms. The molecule has 2 aromatic carbocycles. The fourth-order valence-corrected chi connectivity index (χ4v) is 5.00. The summed E-state index contributed by atoms with van der Waals surface area (Å²) in [4.78, 5) is 31.1. The number of hydrogen-bond donors (Lipinski definition) is 0. The SMILES string of the molecule is COCCCN(CC(=O)N(Cc1ccc(F)cc1)Cc1sccc1C)C(=O)c1cc(Cl)cc(Cl)c1. The van der Waals surface area contributed by atoms with Crippen molar-refractivity contribution < 1.29 is 18.7 Å². The Morgan fingerprint density at radius 2 is 1.69 bits per heavy atom. The molecule has 2 amide bonds. The number of aryl methyl sites for hydroxylation is 1. The average Bonchev–Trinajstić information content (AvgIpc) is 3.22. The van der Waals surface area contributed by atoms with E-state index in [1.54, 1.807) is 41.5 Å². The number of amides is 2. The number of thiophene rings is 1. The van der Waals surface area contributed by atoms with Crippen LogP contribution in [0.25, 0.3) is 0 Å². The van der Waals surface area contributed by atoms with Crippen molar-refractivity contribution in [3.8, 4) is 0 Å². The first-order valence-electron chi connectivity index (χ1n) is 11.1. The molecular weight excluding hydrogens is 510 g/mol. The van der Waals surface area contributed by atoms with Gasteiger partial charge in [-0.3, -0.25) is 9.59 Å². The molecule has 186 valence electrons. The standard InChI is InChI=1S/C26H27Cl2FN2O3S/c1-18-8-11-35-24(18)16-31(15-19-4-6-23(29)7-5-19)25(32)17-30(9-3-10-34-2)26(33)20-12-21(27)14-22(28)13-20/h4-8,11-14H,3,9-10,15-17H2,1-2H3. The van der Waals surface area contributed by atoms with Gasteiger partial charge in [-0.2, -0.15) is 0 Å². The predicted molar refractivity (Wildman–Crippen MR) is 139 cm³/mol. The second-order valence-corrected chi connectivity index (χ2v) is 10.0. The molecule has 0 saturated heterocycles. The minimum absolute atomic E-state index is 0.127. The minimum atomic E-state index is -0.340. The van der Waals surface area contributed by atoms with E-state index in [0.29, 0.717) is 48.3 Å². The average molecular weight is 537 g/mol. The third kappa shape index (κ3) is 8.04. The molecule has 0 aliphatic carbocycles. The van der Waals surface area contributed by atoms with Crippen LogP contribution in [0.3, 0.4) is 0 Å². The predicted octanol–water partition coefficient (Wildman–Crippen LogP) is 6.21. The number of ether oxygens (including phenoxy) is 1. The Labute approximate surface area is 219 Å². The van der Waals surface area contributed by atoms with Crippen molar-refractivity contribution in [3.63, 3.8) is 0 Å². The summed E-state index contributed by atoms with van der Waals surface area (Å²) >= 11 is 13.8. The summed E-state index contributed by atoms with van der Waals surface area (Å²) in [6, 6.07) is 12.7. The van der Waals surface area contributed by atoms with E-state index in [4.69, 9.17) is 27.9 Å². The number of carbonyl (C=O) groups is 2. The zero-order chi connectivity index (χ0) is 25.4. The highest BCUT2D eigenvalue weighted by molar-refractivity contribution is 7.10. The normalized spacial score (nSPS) is 10.9. The molecule has 0 aliphatic heterocycles. The van der Waals surface area contributed by atoms with Crippen molar-refractivity contribution >= 4 is 46.4 Å². The van der Waals surface area contributed by atoms with Crippen LogP contribution >= 0.6 is 34.5 Å². The van der Waals surface area contributed by atoms with E-state index >= 15 is 0 Å². The fraction of sp³-hybridized carbons (Fsp3) is 0.308. The van der Waals surface area contributed by atoms with E-state index < -0.39 is 0 Å². The van der Waals surface area contributed by atoms with Crippen molar-refractivity contribution in [1.82, 2.24) is 9.80 Å². The maximum atomic E-state index is 13.5. The minimum Gasteiger partial charge on any atom is -0.385 e. The van der Waals surface area contributed by atoms with Crippen molar-refractivity contribution in [3.05, 3.63) is 91.3 Å². The summed E-state index contributed by atoms with van der Waals surface area (Å²) in [5.41, 5.74) is 2.20. The summed E-state index contributed by atoms with van der Waals surface area (Å²) in [5.74, 6) is -0.898. The molecule has 0 fully saturated rings. The summed E-state index contributed by atoms with van der Waals surface area (Å²) < 4.78 is 18.6. The topological polar surface area (TPSA) is 49.9 Å². The third-order valence-electron chi connectivity index (χ3n) is 5.44. The number of rotatable bonds is 11. The van der Waals surface area contributed by atoms with Gasteiger partial charge in [0.25, 0.3) is 5.91 Å². The van der Waals surface area contributed by atoms with Gasteiger partial charge in [0.1, 0.15) is 12.4 Å². The van der Waals surface area contributed by atoms with Crippen LogP contribution in [0.1, 0.15) is 32.8 Å². The lowest BCUT2D eigenvalue weighted by Gasteiger charge is -2.28. The van der Waals surface area contributed by atoms with Gasteiger partial charge in [-0.15, -0.1) is 11.3 Å². The molecule has 0 unspecified atom stereocenters. The summed E-state index contributed by atoms with van der Waals surface area (Å²) in [6.45, 7) is 3.32. The van der Waals surface area contributed by atoms with E-state index in [0.717, 1.165) is 16.0 Å². The van der Waals surface area contributed by atoms with Crippen LogP contribution < -0.4 is 0 Å². The van der Waals surface area contributed by atoms with Crippen molar-refractivity contribution in [1.29, 1.82) is 0 Å². The van der Waals surface area contributed by atoms with E-state index in [9.17, 15) is 14.0 Å². The largest absolute Gasteiger partial charge is 0.385 e. The highest BCUT2D eigenvalue weighted by atomic mass is 35.5. The summed E-state index contributed by atoms with van der Waals surface area (Å²) in [7, 11) is 1.59. The number of benzene rings is 2. The Bertz CT molecular complexity index is 1130. The van der Waals surface area contributed by atoms with Crippen LogP contribution in [-0.4, -0.2) is 48.4 Å². The van der Waals surface area contributed by atoms with Gasteiger partial charge < -0.3 is 14.5 Å². The van der Waals surface area contributed by atoms with E-state index in [1.807, 2.05) is 18.4 Å². The molecule has 3 aromatic rings. The summed E-state index contributed by atoms with van der Waals surface area (Å²) in [5, 5.41) is 2.67. The maximum Gasteiger partial charge on any atom is 0.254 e. The second kappa shape index (κ2) is 13.0. The van der Waals surface area contributed by atoms with Gasteiger partial charge in [-0.25, -0.2) is 4.39 Å². The number of hydrogen-bond acceptors (Lipinski definition) is 4. The lowest BCUT2D eigenvalue weighted by Crippen LogP contribution is -2.43. The van der Waals surface area contributed by atoms with E-state index in [2.05, 4.69) is 0 Å². The Morgan fingerprint density at radius 1 is 1.00 bits per heavy atom. The molecular formula is C26H27Cl2FN2O3S.